The van der Waals surface area contributed by atoms with E-state index in [1.807, 2.05) is 24.3 Å². The summed E-state index contributed by atoms with van der Waals surface area (Å²) in [6.45, 7) is 0. The van der Waals surface area contributed by atoms with Crippen LogP contribution in [0.25, 0.3) is 0 Å². The van der Waals surface area contributed by atoms with Gasteiger partial charge in [0.1, 0.15) is 5.78 Å². The Kier molecular flexibility index (Phi) is 3.56. The van der Waals surface area contributed by atoms with Gasteiger partial charge in [-0.1, -0.05) is 34.5 Å². The average molecular weight is 307 g/mol. The number of hydrogen-bond acceptors (Lipinski definition) is 1. The second-order valence-electron chi connectivity index (χ2n) is 5.98. The molecule has 2 aliphatic rings. The van der Waals surface area contributed by atoms with E-state index < -0.39 is 0 Å². The first kappa shape index (κ1) is 12.4. The third-order valence-corrected chi connectivity index (χ3v) is 5.22. The maximum atomic E-state index is 12.1. The molecular formula is C16H19BrO. The van der Waals surface area contributed by atoms with E-state index in [1.54, 1.807) is 0 Å². The zero-order valence-corrected chi connectivity index (χ0v) is 12.2. The Hall–Kier alpha value is -0.630. The fourth-order valence-corrected chi connectivity index (χ4v) is 4.09. The summed E-state index contributed by atoms with van der Waals surface area (Å²) in [5.74, 6) is 2.94. The highest BCUT2D eigenvalue weighted by Gasteiger charge is 2.39. The van der Waals surface area contributed by atoms with Gasteiger partial charge in [0.2, 0.25) is 0 Å². The molecule has 0 amide bonds. The third-order valence-electron chi connectivity index (χ3n) is 4.69. The number of Topliss-reactive ketones (excluding diaryl/α,β-unsaturated/α-hetero) is 1. The Bertz CT molecular complexity index is 437. The van der Waals surface area contributed by atoms with E-state index in [4.69, 9.17) is 0 Å². The number of hydrogen-bond donors (Lipinski definition) is 0. The second kappa shape index (κ2) is 5.16. The van der Waals surface area contributed by atoms with Crippen molar-refractivity contribution in [3.05, 3.63) is 34.3 Å². The predicted octanol–water partition coefficient (Wildman–Crippen LogP) is 4.39. The Labute approximate surface area is 117 Å². The van der Waals surface area contributed by atoms with Crippen LogP contribution >= 0.6 is 15.9 Å². The molecule has 2 heteroatoms. The molecule has 0 radical (unpaired) electrons. The molecule has 2 aliphatic carbocycles. The van der Waals surface area contributed by atoms with Crippen LogP contribution in [0.4, 0.5) is 0 Å². The lowest BCUT2D eigenvalue weighted by Gasteiger charge is -2.20. The summed E-state index contributed by atoms with van der Waals surface area (Å²) in [7, 11) is 0. The van der Waals surface area contributed by atoms with Gasteiger partial charge in [-0.25, -0.2) is 0 Å². The van der Waals surface area contributed by atoms with E-state index >= 15 is 0 Å². The Balaban J connectivity index is 1.54. The minimum Gasteiger partial charge on any atom is -0.299 e. The number of carbonyl (C=O) groups is 1. The molecule has 0 N–H and O–H groups in total. The fraction of sp³-hybridized carbons (Fsp3) is 0.562. The summed E-state index contributed by atoms with van der Waals surface area (Å²) in [6.07, 6.45) is 6.94. The number of fused-ring (bicyclic) bond motifs is 2. The van der Waals surface area contributed by atoms with Crippen LogP contribution in [0.3, 0.4) is 0 Å². The summed E-state index contributed by atoms with van der Waals surface area (Å²) in [4.78, 5) is 12.1. The van der Waals surface area contributed by atoms with Crippen LogP contribution in [0.15, 0.2) is 28.7 Å². The molecule has 0 heterocycles. The summed E-state index contributed by atoms with van der Waals surface area (Å²) in [6, 6.07) is 8.12. The lowest BCUT2D eigenvalue weighted by atomic mass is 9.84. The minimum atomic E-state index is 0.426. The van der Waals surface area contributed by atoms with Crippen molar-refractivity contribution in [2.24, 2.45) is 17.8 Å². The molecule has 0 aromatic heterocycles. The molecule has 2 fully saturated rings. The van der Waals surface area contributed by atoms with E-state index in [0.29, 0.717) is 18.1 Å². The van der Waals surface area contributed by atoms with Crippen LogP contribution < -0.4 is 0 Å². The van der Waals surface area contributed by atoms with Gasteiger partial charge >= 0.3 is 0 Å². The first-order chi connectivity index (χ1) is 8.70. The number of rotatable bonds is 4. The van der Waals surface area contributed by atoms with Gasteiger partial charge in [-0.3, -0.25) is 4.79 Å². The van der Waals surface area contributed by atoms with Crippen molar-refractivity contribution in [3.8, 4) is 0 Å². The molecule has 0 spiro atoms. The molecule has 18 heavy (non-hydrogen) atoms. The van der Waals surface area contributed by atoms with Crippen LogP contribution in [0.5, 0.6) is 0 Å². The Morgan fingerprint density at radius 2 is 1.94 bits per heavy atom. The molecule has 0 saturated heterocycles. The minimum absolute atomic E-state index is 0.426. The molecule has 1 aromatic carbocycles. The smallest absolute Gasteiger partial charge is 0.137 e. The van der Waals surface area contributed by atoms with Gasteiger partial charge in [0.25, 0.3) is 0 Å². The van der Waals surface area contributed by atoms with Crippen molar-refractivity contribution in [1.29, 1.82) is 0 Å². The van der Waals surface area contributed by atoms with Crippen LogP contribution in [0.2, 0.25) is 0 Å². The topological polar surface area (TPSA) is 17.1 Å². The van der Waals surface area contributed by atoms with Gasteiger partial charge in [0.05, 0.1) is 0 Å². The molecule has 1 nitrogen and oxygen atoms in total. The predicted molar refractivity (Wildman–Crippen MR) is 76.4 cm³/mol. The van der Waals surface area contributed by atoms with Crippen molar-refractivity contribution in [2.75, 3.05) is 0 Å². The van der Waals surface area contributed by atoms with Crippen LogP contribution in [0, 0.1) is 17.8 Å². The van der Waals surface area contributed by atoms with E-state index in [-0.39, 0.29) is 0 Å². The molecule has 2 bridgehead atoms. The molecule has 0 aliphatic heterocycles. The highest BCUT2D eigenvalue weighted by molar-refractivity contribution is 9.10. The van der Waals surface area contributed by atoms with Gasteiger partial charge in [-0.2, -0.15) is 0 Å². The van der Waals surface area contributed by atoms with E-state index in [2.05, 4.69) is 15.9 Å². The van der Waals surface area contributed by atoms with E-state index in [9.17, 15) is 4.79 Å². The third kappa shape index (κ3) is 2.69. The van der Waals surface area contributed by atoms with Gasteiger partial charge in [0, 0.05) is 17.3 Å². The van der Waals surface area contributed by atoms with Crippen LogP contribution in [0.1, 0.15) is 37.7 Å². The SMILES string of the molecule is O=C(Cc1ccc(Br)cc1)CC1CC2CCC1C2. The first-order valence-electron chi connectivity index (χ1n) is 6.97. The summed E-state index contributed by atoms with van der Waals surface area (Å²) in [5, 5.41) is 0. The Morgan fingerprint density at radius 1 is 1.17 bits per heavy atom. The van der Waals surface area contributed by atoms with Gasteiger partial charge < -0.3 is 0 Å². The van der Waals surface area contributed by atoms with Gasteiger partial charge in [0.15, 0.2) is 0 Å². The largest absolute Gasteiger partial charge is 0.299 e. The summed E-state index contributed by atoms with van der Waals surface area (Å²) < 4.78 is 1.08. The quantitative estimate of drug-likeness (QED) is 0.806. The molecule has 3 rings (SSSR count). The standard InChI is InChI=1S/C16H19BrO/c17-15-5-2-11(3-6-15)9-16(18)10-14-8-12-1-4-13(14)7-12/h2-3,5-6,12-14H,1,4,7-10H2. The number of ketones is 1. The van der Waals surface area contributed by atoms with Crippen molar-refractivity contribution in [2.45, 2.75) is 38.5 Å². The zero-order chi connectivity index (χ0) is 12.5. The molecule has 3 unspecified atom stereocenters. The van der Waals surface area contributed by atoms with Gasteiger partial charge in [-0.15, -0.1) is 0 Å². The van der Waals surface area contributed by atoms with Crippen LogP contribution in [-0.2, 0) is 11.2 Å². The highest BCUT2D eigenvalue weighted by Crippen LogP contribution is 2.49. The molecule has 2 saturated carbocycles. The zero-order valence-electron chi connectivity index (χ0n) is 10.6. The number of benzene rings is 1. The maximum absolute atomic E-state index is 12.1. The lowest BCUT2D eigenvalue weighted by Crippen LogP contribution is -2.16. The summed E-state index contributed by atoms with van der Waals surface area (Å²) >= 11 is 3.42. The average Bonchev–Trinajstić information content (AvgIpc) is 2.94. The second-order valence-corrected chi connectivity index (χ2v) is 6.90. The Morgan fingerprint density at radius 3 is 2.56 bits per heavy atom. The molecule has 96 valence electrons. The maximum Gasteiger partial charge on any atom is 0.137 e. The van der Waals surface area contributed by atoms with Crippen LogP contribution in [-0.4, -0.2) is 5.78 Å². The van der Waals surface area contributed by atoms with E-state index in [1.165, 1.54) is 25.7 Å². The highest BCUT2D eigenvalue weighted by atomic mass is 79.9. The molecular weight excluding hydrogens is 288 g/mol. The monoisotopic (exact) mass is 306 g/mol. The van der Waals surface area contributed by atoms with Gasteiger partial charge in [-0.05, 0) is 54.7 Å². The normalized spacial score (nSPS) is 29.7. The van der Waals surface area contributed by atoms with Crippen molar-refractivity contribution in [3.63, 3.8) is 0 Å². The first-order valence-corrected chi connectivity index (χ1v) is 7.76. The van der Waals surface area contributed by atoms with Crippen molar-refractivity contribution < 1.29 is 4.79 Å². The lowest BCUT2D eigenvalue weighted by molar-refractivity contribution is -0.119. The summed E-state index contributed by atoms with van der Waals surface area (Å²) in [5.41, 5.74) is 1.14. The van der Waals surface area contributed by atoms with Crippen molar-refractivity contribution >= 4 is 21.7 Å². The fourth-order valence-electron chi connectivity index (χ4n) is 3.82. The van der Waals surface area contributed by atoms with Crippen molar-refractivity contribution in [1.82, 2.24) is 0 Å². The molecule has 1 aromatic rings. The molecule has 3 atom stereocenters. The number of halogens is 1. The van der Waals surface area contributed by atoms with E-state index in [0.717, 1.165) is 28.3 Å². The number of carbonyl (C=O) groups excluding carboxylic acids is 1.